The number of aromatic carboxylic acids is 1. The van der Waals surface area contributed by atoms with E-state index < -0.39 is 11.6 Å². The molecule has 1 saturated heterocycles. The molecule has 0 aliphatic carbocycles. The summed E-state index contributed by atoms with van der Waals surface area (Å²) in [6.07, 6.45) is 1.29. The van der Waals surface area contributed by atoms with Gasteiger partial charge in [-0.25, -0.2) is 9.78 Å². The first-order chi connectivity index (χ1) is 11.7. The largest absolute Gasteiger partial charge is 0.478 e. The van der Waals surface area contributed by atoms with Crippen molar-refractivity contribution in [2.75, 3.05) is 45.3 Å². The molecule has 0 aromatic carbocycles. The minimum atomic E-state index is -1.02. The summed E-state index contributed by atoms with van der Waals surface area (Å²) in [5.74, 6) is -0.720. The van der Waals surface area contributed by atoms with Gasteiger partial charge in [0.2, 0.25) is 5.91 Å². The molecule has 138 valence electrons. The molecule has 1 aromatic heterocycles. The molecule has 0 saturated carbocycles. The van der Waals surface area contributed by atoms with Gasteiger partial charge in [-0.15, -0.1) is 0 Å². The zero-order chi connectivity index (χ0) is 18.6. The Hall–Kier alpha value is -2.19. The normalized spacial score (nSPS) is 19.5. The van der Waals surface area contributed by atoms with Crippen molar-refractivity contribution in [1.29, 1.82) is 0 Å². The van der Waals surface area contributed by atoms with Crippen LogP contribution in [0.1, 0.15) is 24.2 Å². The highest BCUT2D eigenvalue weighted by atomic mass is 16.6. The van der Waals surface area contributed by atoms with E-state index in [0.717, 1.165) is 0 Å². The maximum atomic E-state index is 11.6. The second kappa shape index (κ2) is 7.79. The highest BCUT2D eigenvalue weighted by molar-refractivity contribution is 5.93. The van der Waals surface area contributed by atoms with Crippen molar-refractivity contribution >= 4 is 17.7 Å². The van der Waals surface area contributed by atoms with Gasteiger partial charge in [0.05, 0.1) is 18.3 Å². The molecule has 1 fully saturated rings. The van der Waals surface area contributed by atoms with E-state index >= 15 is 0 Å². The predicted octanol–water partition coefficient (Wildman–Crippen LogP) is 0.868. The van der Waals surface area contributed by atoms with Gasteiger partial charge in [-0.3, -0.25) is 4.79 Å². The molecule has 1 unspecified atom stereocenters. The molecule has 0 spiro atoms. The molecule has 1 atom stereocenters. The summed E-state index contributed by atoms with van der Waals surface area (Å²) >= 11 is 0. The van der Waals surface area contributed by atoms with E-state index in [4.69, 9.17) is 9.47 Å². The third kappa shape index (κ3) is 5.14. The minimum Gasteiger partial charge on any atom is -0.478 e. The van der Waals surface area contributed by atoms with Crippen LogP contribution in [0, 0.1) is 0 Å². The van der Waals surface area contributed by atoms with Crippen LogP contribution in [0.5, 0.6) is 0 Å². The van der Waals surface area contributed by atoms with Crippen molar-refractivity contribution in [1.82, 2.24) is 9.88 Å². The Morgan fingerprint density at radius 1 is 1.48 bits per heavy atom. The number of hydrogen-bond donors (Lipinski definition) is 1. The molecule has 8 heteroatoms. The average molecular weight is 351 g/mol. The van der Waals surface area contributed by atoms with Crippen LogP contribution in [-0.2, 0) is 14.3 Å². The van der Waals surface area contributed by atoms with Gasteiger partial charge in [-0.05, 0) is 26.0 Å². The summed E-state index contributed by atoms with van der Waals surface area (Å²) in [6.45, 7) is 5.04. The van der Waals surface area contributed by atoms with Crippen molar-refractivity contribution in [3.8, 4) is 0 Å². The number of carbonyl (C=O) groups is 2. The molecular weight excluding hydrogens is 326 g/mol. The summed E-state index contributed by atoms with van der Waals surface area (Å²) in [7, 11) is 3.34. The number of aromatic nitrogens is 1. The van der Waals surface area contributed by atoms with Gasteiger partial charge in [0.1, 0.15) is 18.0 Å². The summed E-state index contributed by atoms with van der Waals surface area (Å²) in [4.78, 5) is 30.6. The summed E-state index contributed by atoms with van der Waals surface area (Å²) < 4.78 is 11.5. The fourth-order valence-corrected chi connectivity index (χ4v) is 2.77. The number of anilines is 1. The maximum Gasteiger partial charge on any atom is 0.339 e. The molecule has 1 aliphatic rings. The first-order valence-corrected chi connectivity index (χ1v) is 8.08. The number of carboxylic acid groups (broad SMARTS) is 1. The Bertz CT molecular complexity index is 632. The molecule has 0 bridgehead atoms. The number of rotatable bonds is 6. The van der Waals surface area contributed by atoms with Crippen LogP contribution in [0.25, 0.3) is 0 Å². The van der Waals surface area contributed by atoms with E-state index in [9.17, 15) is 14.7 Å². The molecule has 1 amide bonds. The number of carboxylic acids is 1. The first kappa shape index (κ1) is 19.1. The quantitative estimate of drug-likeness (QED) is 0.813. The van der Waals surface area contributed by atoms with Crippen molar-refractivity contribution in [3.63, 3.8) is 0 Å². The van der Waals surface area contributed by atoms with Crippen LogP contribution >= 0.6 is 0 Å². The van der Waals surface area contributed by atoms with E-state index in [1.807, 2.05) is 18.7 Å². The van der Waals surface area contributed by atoms with Crippen molar-refractivity contribution < 1.29 is 24.2 Å². The number of likely N-dealkylation sites (N-methyl/N-ethyl adjacent to an activating group) is 1. The predicted molar refractivity (Wildman–Crippen MR) is 91.9 cm³/mol. The molecule has 1 N–H and O–H groups in total. The second-order valence-corrected chi connectivity index (χ2v) is 6.86. The molecule has 8 nitrogen and oxygen atoms in total. The van der Waals surface area contributed by atoms with Crippen LogP contribution in [0.3, 0.4) is 0 Å². The van der Waals surface area contributed by atoms with Gasteiger partial charge in [0.25, 0.3) is 0 Å². The Labute approximate surface area is 147 Å². The molecule has 1 aromatic rings. The van der Waals surface area contributed by atoms with Crippen molar-refractivity contribution in [2.24, 2.45) is 0 Å². The fourth-order valence-electron chi connectivity index (χ4n) is 2.77. The van der Waals surface area contributed by atoms with Gasteiger partial charge in [-0.2, -0.15) is 0 Å². The fraction of sp³-hybridized carbons (Fsp3) is 0.588. The maximum absolute atomic E-state index is 11.6. The van der Waals surface area contributed by atoms with Gasteiger partial charge < -0.3 is 24.4 Å². The topological polar surface area (TPSA) is 92.2 Å². The van der Waals surface area contributed by atoms with E-state index in [1.54, 1.807) is 26.4 Å². The number of amides is 1. The summed E-state index contributed by atoms with van der Waals surface area (Å²) in [6, 6.07) is 3.14. The van der Waals surface area contributed by atoms with Crippen LogP contribution in [0.2, 0.25) is 0 Å². The standard InChI is InChI=1S/C17H25N3O5/c1-17(2)11-20(15-13(16(22)23)6-5-7-18-15)8-12(25-17)9-24-10-14(21)19(3)4/h5-7,12H,8-11H2,1-4H3,(H,22,23). The third-order valence-corrected chi connectivity index (χ3v) is 3.83. The second-order valence-electron chi connectivity index (χ2n) is 6.86. The SMILES string of the molecule is CN(C)C(=O)COCC1CN(c2ncccc2C(=O)O)CC(C)(C)O1. The Kier molecular flexibility index (Phi) is 5.97. The van der Waals surface area contributed by atoms with Crippen LogP contribution < -0.4 is 4.90 Å². The monoisotopic (exact) mass is 351 g/mol. The highest BCUT2D eigenvalue weighted by Gasteiger charge is 2.35. The first-order valence-electron chi connectivity index (χ1n) is 8.08. The summed E-state index contributed by atoms with van der Waals surface area (Å²) in [5, 5.41) is 9.38. The van der Waals surface area contributed by atoms with Gasteiger partial charge in [0.15, 0.2) is 0 Å². The Morgan fingerprint density at radius 2 is 2.20 bits per heavy atom. The van der Waals surface area contributed by atoms with E-state index in [-0.39, 0.29) is 30.8 Å². The molecular formula is C17H25N3O5. The number of nitrogens with zero attached hydrogens (tertiary/aromatic N) is 3. The Balaban J connectivity index is 2.08. The molecule has 0 radical (unpaired) electrons. The van der Waals surface area contributed by atoms with E-state index in [0.29, 0.717) is 18.9 Å². The smallest absolute Gasteiger partial charge is 0.339 e. The van der Waals surface area contributed by atoms with E-state index in [1.165, 1.54) is 11.0 Å². The van der Waals surface area contributed by atoms with Gasteiger partial charge >= 0.3 is 5.97 Å². The zero-order valence-electron chi connectivity index (χ0n) is 15.1. The molecule has 1 aliphatic heterocycles. The Morgan fingerprint density at radius 3 is 2.84 bits per heavy atom. The van der Waals surface area contributed by atoms with Crippen LogP contribution in [-0.4, -0.2) is 79.0 Å². The number of hydrogen-bond acceptors (Lipinski definition) is 6. The van der Waals surface area contributed by atoms with Gasteiger partial charge in [-0.1, -0.05) is 0 Å². The number of carbonyl (C=O) groups excluding carboxylic acids is 1. The number of pyridine rings is 1. The van der Waals surface area contributed by atoms with E-state index in [2.05, 4.69) is 4.98 Å². The van der Waals surface area contributed by atoms with Crippen LogP contribution in [0.4, 0.5) is 5.82 Å². The van der Waals surface area contributed by atoms with Crippen molar-refractivity contribution in [3.05, 3.63) is 23.9 Å². The number of morpholine rings is 1. The summed E-state index contributed by atoms with van der Waals surface area (Å²) in [5.41, 5.74) is -0.340. The van der Waals surface area contributed by atoms with Crippen LogP contribution in [0.15, 0.2) is 18.3 Å². The number of ether oxygens (including phenoxy) is 2. The highest BCUT2D eigenvalue weighted by Crippen LogP contribution is 2.27. The lowest BCUT2D eigenvalue weighted by Gasteiger charge is -2.43. The third-order valence-electron chi connectivity index (χ3n) is 3.83. The lowest BCUT2D eigenvalue weighted by molar-refractivity contribution is -0.139. The molecule has 2 heterocycles. The lowest BCUT2D eigenvalue weighted by Crippen LogP contribution is -2.54. The molecule has 25 heavy (non-hydrogen) atoms. The molecule has 2 rings (SSSR count). The van der Waals surface area contributed by atoms with Gasteiger partial charge in [0, 0.05) is 33.4 Å². The average Bonchev–Trinajstić information content (AvgIpc) is 2.53. The minimum absolute atomic E-state index is 0.0166. The lowest BCUT2D eigenvalue weighted by atomic mass is 10.0. The zero-order valence-corrected chi connectivity index (χ0v) is 15.1. The van der Waals surface area contributed by atoms with Crippen molar-refractivity contribution in [2.45, 2.75) is 25.6 Å².